The summed E-state index contributed by atoms with van der Waals surface area (Å²) in [6.45, 7) is 0. The number of carbonyl (C=O) groups is 2. The molecule has 0 radical (unpaired) electrons. The van der Waals surface area contributed by atoms with Gasteiger partial charge in [-0.05, 0) is 12.8 Å². The van der Waals surface area contributed by atoms with Crippen LogP contribution in [0.15, 0.2) is 12.2 Å². The third-order valence-corrected chi connectivity index (χ3v) is 2.61. The first-order valence-electron chi connectivity index (χ1n) is 4.12. The number of ether oxygens (including phenoxy) is 1. The van der Waals surface area contributed by atoms with Crippen LogP contribution in [0.1, 0.15) is 12.8 Å². The summed E-state index contributed by atoms with van der Waals surface area (Å²) in [5, 5.41) is 0. The van der Waals surface area contributed by atoms with Crippen LogP contribution in [0.2, 0.25) is 0 Å². The molecule has 0 aromatic carbocycles. The molecule has 1 aliphatic carbocycles. The smallest absolute Gasteiger partial charge is 0.336 e. The van der Waals surface area contributed by atoms with E-state index in [0.717, 1.165) is 6.42 Å². The summed E-state index contributed by atoms with van der Waals surface area (Å²) in [5.74, 6) is 0.839. The molecular formula is C10H8O3. The molecule has 0 amide bonds. The number of hydrogen-bond acceptors (Lipinski definition) is 3. The van der Waals surface area contributed by atoms with Crippen LogP contribution in [0, 0.1) is 23.7 Å². The van der Waals surface area contributed by atoms with E-state index < -0.39 is 23.3 Å². The summed E-state index contributed by atoms with van der Waals surface area (Å²) in [6.07, 6.45) is 10.1. The second kappa shape index (κ2) is 2.46. The number of terminal acetylenes is 1. The van der Waals surface area contributed by atoms with E-state index in [0.29, 0.717) is 6.42 Å². The minimum Gasteiger partial charge on any atom is -0.391 e. The highest BCUT2D eigenvalue weighted by Crippen LogP contribution is 2.42. The van der Waals surface area contributed by atoms with Gasteiger partial charge in [-0.25, -0.2) is 4.79 Å². The van der Waals surface area contributed by atoms with Crippen molar-refractivity contribution >= 4 is 11.9 Å². The Morgan fingerprint density at radius 3 is 3.00 bits per heavy atom. The lowest BCUT2D eigenvalue weighted by molar-refractivity contribution is -0.154. The predicted octanol–water partition coefficient (Wildman–Crippen LogP) is 0.656. The Bertz CT molecular complexity index is 348. The van der Waals surface area contributed by atoms with Gasteiger partial charge in [0.2, 0.25) is 0 Å². The monoisotopic (exact) mass is 176 g/mol. The van der Waals surface area contributed by atoms with E-state index in [1.807, 2.05) is 6.08 Å². The Hall–Kier alpha value is -1.56. The zero-order valence-electron chi connectivity index (χ0n) is 6.95. The van der Waals surface area contributed by atoms with Crippen LogP contribution in [-0.4, -0.2) is 11.9 Å². The van der Waals surface area contributed by atoms with Crippen LogP contribution in [0.3, 0.4) is 0 Å². The Balaban J connectivity index is 2.53. The third-order valence-electron chi connectivity index (χ3n) is 2.61. The third kappa shape index (κ3) is 0.858. The molecule has 13 heavy (non-hydrogen) atoms. The van der Waals surface area contributed by atoms with Gasteiger partial charge < -0.3 is 4.74 Å². The molecule has 0 spiro atoms. The molecule has 2 unspecified atom stereocenters. The Labute approximate surface area is 75.8 Å². The van der Waals surface area contributed by atoms with Crippen LogP contribution in [0.25, 0.3) is 0 Å². The lowest BCUT2D eigenvalue weighted by Gasteiger charge is -2.23. The van der Waals surface area contributed by atoms with E-state index >= 15 is 0 Å². The molecule has 2 aliphatic rings. The highest BCUT2D eigenvalue weighted by atomic mass is 16.6. The summed E-state index contributed by atoms with van der Waals surface area (Å²) < 4.78 is 4.53. The van der Waals surface area contributed by atoms with Crippen LogP contribution in [0.4, 0.5) is 0 Å². The van der Waals surface area contributed by atoms with E-state index in [-0.39, 0.29) is 0 Å². The van der Waals surface area contributed by atoms with Gasteiger partial charge in [0.25, 0.3) is 0 Å². The summed E-state index contributed by atoms with van der Waals surface area (Å²) >= 11 is 0. The van der Waals surface area contributed by atoms with Crippen molar-refractivity contribution in [2.24, 2.45) is 11.3 Å². The SMILES string of the molecule is C#CC12C=CCCC1C(=O)OC2=O. The van der Waals surface area contributed by atoms with Crippen molar-refractivity contribution < 1.29 is 14.3 Å². The summed E-state index contributed by atoms with van der Waals surface area (Å²) in [7, 11) is 0. The van der Waals surface area contributed by atoms with Crippen LogP contribution in [0.5, 0.6) is 0 Å². The fourth-order valence-corrected chi connectivity index (χ4v) is 1.84. The van der Waals surface area contributed by atoms with Gasteiger partial charge >= 0.3 is 11.9 Å². The molecular weight excluding hydrogens is 168 g/mol. The molecule has 3 heteroatoms. The number of hydrogen-bond donors (Lipinski definition) is 0. The fourth-order valence-electron chi connectivity index (χ4n) is 1.84. The second-order valence-electron chi connectivity index (χ2n) is 3.25. The lowest BCUT2D eigenvalue weighted by atomic mass is 9.72. The van der Waals surface area contributed by atoms with Crippen molar-refractivity contribution in [1.82, 2.24) is 0 Å². The topological polar surface area (TPSA) is 43.4 Å². The van der Waals surface area contributed by atoms with Crippen LogP contribution >= 0.6 is 0 Å². The zero-order chi connectivity index (χ0) is 9.47. The highest BCUT2D eigenvalue weighted by molar-refractivity contribution is 6.02. The van der Waals surface area contributed by atoms with Crippen LogP contribution < -0.4 is 0 Å². The molecule has 66 valence electrons. The summed E-state index contributed by atoms with van der Waals surface area (Å²) in [6, 6.07) is 0. The highest BCUT2D eigenvalue weighted by Gasteiger charge is 2.55. The zero-order valence-corrected chi connectivity index (χ0v) is 6.95. The maximum atomic E-state index is 11.3. The van der Waals surface area contributed by atoms with Gasteiger partial charge in [0.05, 0.1) is 5.92 Å². The van der Waals surface area contributed by atoms with Gasteiger partial charge in [0.1, 0.15) is 0 Å². The minimum atomic E-state index is -1.10. The summed E-state index contributed by atoms with van der Waals surface area (Å²) in [5.41, 5.74) is -1.10. The molecule has 1 aliphatic heterocycles. The van der Waals surface area contributed by atoms with E-state index in [1.165, 1.54) is 0 Å². The maximum absolute atomic E-state index is 11.3. The van der Waals surface area contributed by atoms with Gasteiger partial charge in [-0.2, -0.15) is 0 Å². The van der Waals surface area contributed by atoms with Crippen molar-refractivity contribution in [3.8, 4) is 12.3 Å². The van der Waals surface area contributed by atoms with E-state index in [9.17, 15) is 9.59 Å². The van der Waals surface area contributed by atoms with E-state index in [1.54, 1.807) is 6.08 Å². The van der Waals surface area contributed by atoms with Crippen molar-refractivity contribution in [2.45, 2.75) is 12.8 Å². The first-order valence-corrected chi connectivity index (χ1v) is 4.12. The Morgan fingerprint density at radius 2 is 2.38 bits per heavy atom. The molecule has 2 rings (SSSR count). The first-order chi connectivity index (χ1) is 6.20. The standard InChI is InChI=1S/C10H8O3/c1-2-10-6-4-3-5-7(10)8(11)13-9(10)12/h1,4,6-7H,3,5H2. The van der Waals surface area contributed by atoms with Crippen molar-refractivity contribution in [2.75, 3.05) is 0 Å². The van der Waals surface area contributed by atoms with Gasteiger partial charge in [0.15, 0.2) is 5.41 Å². The lowest BCUT2D eigenvalue weighted by Crippen LogP contribution is -2.32. The van der Waals surface area contributed by atoms with Gasteiger partial charge in [0, 0.05) is 0 Å². The number of esters is 2. The molecule has 0 saturated carbocycles. The molecule has 0 bridgehead atoms. The largest absolute Gasteiger partial charge is 0.391 e. The Morgan fingerprint density at radius 1 is 1.62 bits per heavy atom. The first kappa shape index (κ1) is 8.06. The van der Waals surface area contributed by atoms with Crippen molar-refractivity contribution in [3.63, 3.8) is 0 Å². The Kier molecular flexibility index (Phi) is 1.53. The quantitative estimate of drug-likeness (QED) is 0.235. The van der Waals surface area contributed by atoms with E-state index in [2.05, 4.69) is 10.7 Å². The summed E-state index contributed by atoms with van der Waals surface area (Å²) in [4.78, 5) is 22.5. The number of carbonyl (C=O) groups excluding carboxylic acids is 2. The number of cyclic esters (lactones) is 2. The van der Waals surface area contributed by atoms with Crippen LogP contribution in [-0.2, 0) is 14.3 Å². The van der Waals surface area contributed by atoms with Gasteiger partial charge in [-0.3, -0.25) is 4.79 Å². The van der Waals surface area contributed by atoms with Crippen molar-refractivity contribution in [3.05, 3.63) is 12.2 Å². The second-order valence-corrected chi connectivity index (χ2v) is 3.25. The van der Waals surface area contributed by atoms with Crippen molar-refractivity contribution in [1.29, 1.82) is 0 Å². The molecule has 0 N–H and O–H groups in total. The predicted molar refractivity (Wildman–Crippen MR) is 44.2 cm³/mol. The number of allylic oxidation sites excluding steroid dienone is 1. The fraction of sp³-hybridized carbons (Fsp3) is 0.400. The number of fused-ring (bicyclic) bond motifs is 1. The normalized spacial score (nSPS) is 36.7. The molecule has 1 fully saturated rings. The molecule has 1 heterocycles. The van der Waals surface area contributed by atoms with Gasteiger partial charge in [-0.1, -0.05) is 18.1 Å². The molecule has 0 aromatic heterocycles. The molecule has 0 aromatic rings. The number of rotatable bonds is 0. The average Bonchev–Trinajstić information content (AvgIpc) is 2.41. The average molecular weight is 176 g/mol. The van der Waals surface area contributed by atoms with Gasteiger partial charge in [-0.15, -0.1) is 6.42 Å². The molecule has 1 saturated heterocycles. The molecule has 2 atom stereocenters. The maximum Gasteiger partial charge on any atom is 0.336 e. The van der Waals surface area contributed by atoms with E-state index in [4.69, 9.17) is 6.42 Å². The molecule has 3 nitrogen and oxygen atoms in total. The minimum absolute atomic E-state index is 0.463.